The van der Waals surface area contributed by atoms with E-state index >= 15 is 0 Å². The molecule has 0 unspecified atom stereocenters. The third-order valence-corrected chi connectivity index (χ3v) is 7.83. The lowest BCUT2D eigenvalue weighted by Gasteiger charge is -2.16. The number of fused-ring (bicyclic) bond motifs is 1. The number of carbonyl (C=O) groups excluding carboxylic acids is 2. The molecule has 0 aliphatic carbocycles. The molecule has 2 aromatic heterocycles. The first-order valence-corrected chi connectivity index (χ1v) is 11.5. The Morgan fingerprint density at radius 1 is 1.21 bits per heavy atom. The summed E-state index contributed by atoms with van der Waals surface area (Å²) < 4.78 is 0. The van der Waals surface area contributed by atoms with Gasteiger partial charge in [0.15, 0.2) is 5.01 Å². The number of aromatic nitrogens is 1. The summed E-state index contributed by atoms with van der Waals surface area (Å²) in [4.78, 5) is 37.4. The average Bonchev–Trinajstić information content (AvgIpc) is 3.41. The van der Waals surface area contributed by atoms with Crippen molar-refractivity contribution in [3.8, 4) is 0 Å². The van der Waals surface area contributed by atoms with E-state index in [1.54, 1.807) is 22.7 Å². The minimum Gasteiger partial charge on any atom is -0.347 e. The maximum atomic E-state index is 12.9. The lowest BCUT2D eigenvalue weighted by atomic mass is 10.2. The molecule has 0 aromatic carbocycles. The van der Waals surface area contributed by atoms with Crippen molar-refractivity contribution >= 4 is 34.5 Å². The van der Waals surface area contributed by atoms with E-state index in [9.17, 15) is 9.59 Å². The Labute approximate surface area is 173 Å². The fourth-order valence-electron chi connectivity index (χ4n) is 3.71. The first kappa shape index (κ1) is 19.5. The van der Waals surface area contributed by atoms with Crippen molar-refractivity contribution < 1.29 is 9.59 Å². The maximum Gasteiger partial charge on any atom is 0.282 e. The number of thiophene rings is 1. The van der Waals surface area contributed by atoms with Gasteiger partial charge in [-0.1, -0.05) is 6.92 Å². The molecule has 2 aliphatic heterocycles. The number of carbonyl (C=O) groups is 2. The van der Waals surface area contributed by atoms with Gasteiger partial charge in [0.25, 0.3) is 11.8 Å². The van der Waals surface area contributed by atoms with Crippen LogP contribution in [0.15, 0.2) is 12.1 Å². The van der Waals surface area contributed by atoms with Gasteiger partial charge < -0.3 is 15.1 Å². The van der Waals surface area contributed by atoms with Crippen LogP contribution in [-0.2, 0) is 19.3 Å². The SMILES string of the molecule is CCc1ccc(C(=O)N[C@@H]2CCN(C(=O)c3nc4c(s3)CCN(C)CC4)C2)s1. The van der Waals surface area contributed by atoms with E-state index in [1.807, 2.05) is 17.0 Å². The van der Waals surface area contributed by atoms with Gasteiger partial charge in [-0.3, -0.25) is 9.59 Å². The summed E-state index contributed by atoms with van der Waals surface area (Å²) in [6.45, 7) is 5.32. The Bertz CT molecular complexity index is 850. The Kier molecular flexibility index (Phi) is 5.80. The number of rotatable bonds is 4. The number of amides is 2. The highest BCUT2D eigenvalue weighted by atomic mass is 32.1. The summed E-state index contributed by atoms with van der Waals surface area (Å²) in [7, 11) is 2.13. The highest BCUT2D eigenvalue weighted by molar-refractivity contribution is 7.14. The van der Waals surface area contributed by atoms with Gasteiger partial charge in [0.1, 0.15) is 0 Å². The molecule has 1 saturated heterocycles. The minimum atomic E-state index is -0.0333. The molecule has 2 amide bonds. The molecule has 8 heteroatoms. The molecule has 1 fully saturated rings. The second-order valence-corrected chi connectivity index (χ2v) is 9.77. The monoisotopic (exact) mass is 418 g/mol. The zero-order valence-electron chi connectivity index (χ0n) is 16.4. The van der Waals surface area contributed by atoms with Crippen molar-refractivity contribution in [2.75, 3.05) is 33.2 Å². The number of nitrogens with one attached hydrogen (secondary N) is 1. The van der Waals surface area contributed by atoms with Crippen molar-refractivity contribution in [3.05, 3.63) is 37.5 Å². The van der Waals surface area contributed by atoms with Crippen LogP contribution in [0.3, 0.4) is 0 Å². The smallest absolute Gasteiger partial charge is 0.282 e. The molecular formula is C20H26N4O2S2. The first-order valence-electron chi connectivity index (χ1n) is 9.89. The second-order valence-electron chi connectivity index (χ2n) is 7.52. The van der Waals surface area contributed by atoms with Crippen molar-refractivity contribution in [2.24, 2.45) is 0 Å². The van der Waals surface area contributed by atoms with Crippen molar-refractivity contribution in [1.29, 1.82) is 0 Å². The van der Waals surface area contributed by atoms with Gasteiger partial charge in [-0.15, -0.1) is 22.7 Å². The van der Waals surface area contributed by atoms with Crippen molar-refractivity contribution in [3.63, 3.8) is 0 Å². The van der Waals surface area contributed by atoms with Gasteiger partial charge in [-0.25, -0.2) is 4.98 Å². The van der Waals surface area contributed by atoms with Crippen LogP contribution in [-0.4, -0.2) is 65.9 Å². The summed E-state index contributed by atoms with van der Waals surface area (Å²) in [5.41, 5.74) is 1.09. The standard InChI is InChI=1S/C20H26N4O2S2/c1-3-14-4-5-17(27-14)18(25)21-13-6-11-24(12-13)20(26)19-22-15-7-9-23(2)10-8-16(15)28-19/h4-5,13H,3,6-12H2,1-2H3,(H,21,25)/t13-/m1/s1. The highest BCUT2D eigenvalue weighted by Crippen LogP contribution is 2.25. The molecule has 28 heavy (non-hydrogen) atoms. The molecule has 1 atom stereocenters. The molecule has 0 saturated carbocycles. The first-order chi connectivity index (χ1) is 13.5. The highest BCUT2D eigenvalue weighted by Gasteiger charge is 2.31. The molecule has 2 aliphatic rings. The summed E-state index contributed by atoms with van der Waals surface area (Å²) in [5.74, 6) is -0.0262. The fourth-order valence-corrected chi connectivity index (χ4v) is 5.63. The van der Waals surface area contributed by atoms with Crippen LogP contribution in [0.4, 0.5) is 0 Å². The third-order valence-electron chi connectivity index (χ3n) is 5.46. The number of likely N-dealkylation sites (tertiary alicyclic amines) is 1. The molecule has 4 heterocycles. The van der Waals surface area contributed by atoms with Crippen LogP contribution in [0.25, 0.3) is 0 Å². The van der Waals surface area contributed by atoms with Gasteiger partial charge in [0.05, 0.1) is 10.6 Å². The van der Waals surface area contributed by atoms with Crippen LogP contribution in [0.2, 0.25) is 0 Å². The number of hydrogen-bond acceptors (Lipinski definition) is 6. The summed E-state index contributed by atoms with van der Waals surface area (Å²) in [5, 5.41) is 3.69. The van der Waals surface area contributed by atoms with E-state index in [-0.39, 0.29) is 17.9 Å². The van der Waals surface area contributed by atoms with E-state index in [0.717, 1.165) is 49.3 Å². The van der Waals surface area contributed by atoms with Crippen LogP contribution >= 0.6 is 22.7 Å². The van der Waals surface area contributed by atoms with E-state index in [1.165, 1.54) is 9.75 Å². The topological polar surface area (TPSA) is 65.5 Å². The predicted molar refractivity (Wildman–Crippen MR) is 112 cm³/mol. The van der Waals surface area contributed by atoms with Crippen LogP contribution in [0.1, 0.15) is 48.3 Å². The van der Waals surface area contributed by atoms with E-state index < -0.39 is 0 Å². The van der Waals surface area contributed by atoms with Crippen LogP contribution in [0.5, 0.6) is 0 Å². The van der Waals surface area contributed by atoms with Crippen molar-refractivity contribution in [1.82, 2.24) is 20.1 Å². The molecule has 150 valence electrons. The molecule has 4 rings (SSSR count). The molecule has 6 nitrogen and oxygen atoms in total. The van der Waals surface area contributed by atoms with E-state index in [4.69, 9.17) is 0 Å². The molecule has 0 radical (unpaired) electrons. The lowest BCUT2D eigenvalue weighted by Crippen LogP contribution is -2.38. The number of aryl methyl sites for hydroxylation is 1. The summed E-state index contributed by atoms with van der Waals surface area (Å²) in [6, 6.07) is 3.90. The number of thiazole rings is 1. The number of likely N-dealkylation sites (N-methyl/N-ethyl adjacent to an activating group) is 1. The zero-order chi connectivity index (χ0) is 19.7. The Morgan fingerprint density at radius 3 is 2.82 bits per heavy atom. The molecular weight excluding hydrogens is 392 g/mol. The van der Waals surface area contributed by atoms with Gasteiger partial charge in [0, 0.05) is 48.4 Å². The predicted octanol–water partition coefficient (Wildman–Crippen LogP) is 2.44. The molecule has 2 aromatic rings. The largest absolute Gasteiger partial charge is 0.347 e. The number of hydrogen-bond donors (Lipinski definition) is 1. The van der Waals surface area contributed by atoms with Crippen LogP contribution < -0.4 is 5.32 Å². The summed E-state index contributed by atoms with van der Waals surface area (Å²) >= 11 is 3.09. The Morgan fingerprint density at radius 2 is 2.04 bits per heavy atom. The van der Waals surface area contributed by atoms with E-state index in [0.29, 0.717) is 18.1 Å². The zero-order valence-corrected chi connectivity index (χ0v) is 18.0. The van der Waals surface area contributed by atoms with E-state index in [2.05, 4.69) is 29.2 Å². The minimum absolute atomic E-state index is 0.00701. The van der Waals surface area contributed by atoms with Gasteiger partial charge in [-0.2, -0.15) is 0 Å². The normalized spacial score (nSPS) is 20.1. The number of nitrogens with zero attached hydrogens (tertiary/aromatic N) is 3. The lowest BCUT2D eigenvalue weighted by molar-refractivity contribution is 0.0782. The van der Waals surface area contributed by atoms with Gasteiger partial charge >= 0.3 is 0 Å². The quantitative estimate of drug-likeness (QED) is 0.828. The average molecular weight is 419 g/mol. The molecule has 0 bridgehead atoms. The fraction of sp³-hybridized carbons (Fsp3) is 0.550. The third kappa shape index (κ3) is 4.14. The van der Waals surface area contributed by atoms with Gasteiger partial charge in [-0.05, 0) is 38.4 Å². The summed E-state index contributed by atoms with van der Waals surface area (Å²) in [6.07, 6.45) is 3.61. The van der Waals surface area contributed by atoms with Crippen molar-refractivity contribution in [2.45, 2.75) is 38.6 Å². The maximum absolute atomic E-state index is 12.9. The Hall–Kier alpha value is -1.77. The second kappa shape index (κ2) is 8.31. The molecule has 0 spiro atoms. The van der Waals surface area contributed by atoms with Crippen LogP contribution in [0, 0.1) is 0 Å². The Balaban J connectivity index is 1.35. The van der Waals surface area contributed by atoms with Gasteiger partial charge in [0.2, 0.25) is 0 Å². The molecule has 1 N–H and O–H groups in total.